The van der Waals surface area contributed by atoms with Gasteiger partial charge in [-0.25, -0.2) is 13.1 Å². The molecule has 0 radical (unpaired) electrons. The lowest BCUT2D eigenvalue weighted by Crippen LogP contribution is -2.40. The number of rotatable bonds is 6. The number of carbonyl (C=O) groups is 1. The fraction of sp³-hybridized carbons (Fsp3) is 0.550. The summed E-state index contributed by atoms with van der Waals surface area (Å²) in [5.74, 6) is -0.230. The fourth-order valence-electron chi connectivity index (χ4n) is 3.04. The molecule has 1 aliphatic rings. The summed E-state index contributed by atoms with van der Waals surface area (Å²) in [6.45, 7) is 7.73. The summed E-state index contributed by atoms with van der Waals surface area (Å²) in [5, 5.41) is 2.92. The van der Waals surface area contributed by atoms with Crippen LogP contribution in [0, 0.1) is 6.92 Å². The molecule has 1 aliphatic carbocycles. The molecule has 26 heavy (non-hydrogen) atoms. The third-order valence-electron chi connectivity index (χ3n) is 4.32. The molecule has 0 unspecified atom stereocenters. The molecule has 0 spiro atoms. The first-order chi connectivity index (χ1) is 12.1. The fourth-order valence-corrected chi connectivity index (χ4v) is 4.48. The summed E-state index contributed by atoms with van der Waals surface area (Å²) in [7, 11) is -3.67. The Kier molecular flexibility index (Phi) is 6.64. The molecule has 144 valence electrons. The summed E-state index contributed by atoms with van der Waals surface area (Å²) in [6, 6.07) is 4.67. The zero-order valence-electron chi connectivity index (χ0n) is 16.2. The standard InChI is InChI=1S/C20H30N2O3S/c1-15-10-11-17(26(24,25)22-20(2,3)4)14-18(15)19(23)21-13-12-16-8-6-5-7-9-16/h8,10-11,14,22H,5-7,9,12-13H2,1-4H3,(H,21,23). The van der Waals surface area contributed by atoms with Crippen LogP contribution in [0.25, 0.3) is 0 Å². The second-order valence-electron chi connectivity index (χ2n) is 7.95. The highest BCUT2D eigenvalue weighted by atomic mass is 32.2. The quantitative estimate of drug-likeness (QED) is 0.741. The lowest BCUT2D eigenvalue weighted by molar-refractivity contribution is 0.0953. The zero-order valence-corrected chi connectivity index (χ0v) is 17.0. The number of carbonyl (C=O) groups excluding carboxylic acids is 1. The average Bonchev–Trinajstić information content (AvgIpc) is 2.53. The van der Waals surface area contributed by atoms with Gasteiger partial charge in [0.1, 0.15) is 0 Å². The van der Waals surface area contributed by atoms with E-state index in [1.807, 2.05) is 6.92 Å². The van der Waals surface area contributed by atoms with Gasteiger partial charge < -0.3 is 5.32 Å². The first-order valence-electron chi connectivity index (χ1n) is 9.19. The van der Waals surface area contributed by atoms with Crippen LogP contribution in [0.1, 0.15) is 68.8 Å². The van der Waals surface area contributed by atoms with Crippen molar-refractivity contribution in [3.63, 3.8) is 0 Å². The van der Waals surface area contributed by atoms with Crippen LogP contribution in [-0.2, 0) is 10.0 Å². The molecule has 0 aliphatic heterocycles. The van der Waals surface area contributed by atoms with E-state index in [9.17, 15) is 13.2 Å². The highest BCUT2D eigenvalue weighted by Crippen LogP contribution is 2.20. The van der Waals surface area contributed by atoms with Crippen LogP contribution in [0.5, 0.6) is 0 Å². The first kappa shape index (κ1) is 20.6. The minimum absolute atomic E-state index is 0.109. The Balaban J connectivity index is 2.08. The van der Waals surface area contributed by atoms with E-state index in [1.165, 1.54) is 30.5 Å². The summed E-state index contributed by atoms with van der Waals surface area (Å²) >= 11 is 0. The van der Waals surface area contributed by atoms with E-state index in [0.29, 0.717) is 12.1 Å². The van der Waals surface area contributed by atoms with Crippen LogP contribution >= 0.6 is 0 Å². The number of sulfonamides is 1. The molecule has 2 rings (SSSR count). The first-order valence-corrected chi connectivity index (χ1v) is 10.7. The van der Waals surface area contributed by atoms with Gasteiger partial charge in [0.25, 0.3) is 5.91 Å². The van der Waals surface area contributed by atoms with E-state index >= 15 is 0 Å². The normalized spacial score (nSPS) is 15.5. The van der Waals surface area contributed by atoms with Gasteiger partial charge in [-0.15, -0.1) is 0 Å². The molecule has 0 atom stereocenters. The van der Waals surface area contributed by atoms with E-state index < -0.39 is 15.6 Å². The van der Waals surface area contributed by atoms with Gasteiger partial charge in [0.2, 0.25) is 10.0 Å². The van der Waals surface area contributed by atoms with E-state index in [0.717, 1.165) is 24.8 Å². The van der Waals surface area contributed by atoms with Gasteiger partial charge in [-0.2, -0.15) is 0 Å². The Morgan fingerprint density at radius 3 is 2.54 bits per heavy atom. The van der Waals surface area contributed by atoms with Gasteiger partial charge in [-0.1, -0.05) is 17.7 Å². The Hall–Kier alpha value is -1.66. The number of benzene rings is 1. The van der Waals surface area contributed by atoms with Gasteiger partial charge in [-0.3, -0.25) is 4.79 Å². The van der Waals surface area contributed by atoms with E-state index in [2.05, 4.69) is 16.1 Å². The van der Waals surface area contributed by atoms with Gasteiger partial charge >= 0.3 is 0 Å². The lowest BCUT2D eigenvalue weighted by atomic mass is 9.97. The molecule has 2 N–H and O–H groups in total. The van der Waals surface area contributed by atoms with E-state index in [4.69, 9.17) is 0 Å². The van der Waals surface area contributed by atoms with Crippen molar-refractivity contribution in [2.75, 3.05) is 6.54 Å². The summed E-state index contributed by atoms with van der Waals surface area (Å²) in [5.41, 5.74) is 1.98. The number of hydrogen-bond donors (Lipinski definition) is 2. The molecule has 1 amide bonds. The highest BCUT2D eigenvalue weighted by molar-refractivity contribution is 7.89. The van der Waals surface area contributed by atoms with Crippen molar-refractivity contribution in [3.05, 3.63) is 41.0 Å². The molecule has 0 fully saturated rings. The van der Waals surface area contributed by atoms with Crippen LogP contribution in [0.15, 0.2) is 34.7 Å². The van der Waals surface area contributed by atoms with Crippen LogP contribution in [0.2, 0.25) is 0 Å². The third-order valence-corrected chi connectivity index (χ3v) is 6.08. The topological polar surface area (TPSA) is 75.3 Å². The van der Waals surface area contributed by atoms with Crippen molar-refractivity contribution in [1.29, 1.82) is 0 Å². The number of amides is 1. The van der Waals surface area contributed by atoms with Crippen LogP contribution in [-0.4, -0.2) is 26.4 Å². The van der Waals surface area contributed by atoms with Gasteiger partial charge in [0, 0.05) is 17.6 Å². The number of allylic oxidation sites excluding steroid dienone is 1. The molecule has 0 heterocycles. The Morgan fingerprint density at radius 2 is 1.92 bits per heavy atom. The molecule has 5 nitrogen and oxygen atoms in total. The Morgan fingerprint density at radius 1 is 1.19 bits per heavy atom. The molecular formula is C20H30N2O3S. The Labute approximate surface area is 157 Å². The smallest absolute Gasteiger partial charge is 0.251 e. The minimum atomic E-state index is -3.67. The van der Waals surface area contributed by atoms with Crippen molar-refractivity contribution in [2.45, 2.75) is 70.2 Å². The lowest BCUT2D eigenvalue weighted by Gasteiger charge is -2.20. The number of aryl methyl sites for hydroxylation is 1. The molecule has 6 heteroatoms. The average molecular weight is 379 g/mol. The van der Waals surface area contributed by atoms with Gasteiger partial charge in [0.05, 0.1) is 4.90 Å². The van der Waals surface area contributed by atoms with Crippen LogP contribution in [0.4, 0.5) is 0 Å². The second kappa shape index (κ2) is 8.35. The predicted octanol–water partition coefficient (Wildman–Crippen LogP) is 3.69. The van der Waals surface area contributed by atoms with Crippen LogP contribution in [0.3, 0.4) is 0 Å². The maximum Gasteiger partial charge on any atom is 0.251 e. The Bertz CT molecular complexity index is 790. The molecule has 0 bridgehead atoms. The SMILES string of the molecule is Cc1ccc(S(=O)(=O)NC(C)(C)C)cc1C(=O)NCCC1=CCCCC1. The molecule has 1 aromatic carbocycles. The summed E-state index contributed by atoms with van der Waals surface area (Å²) in [4.78, 5) is 12.6. The van der Waals surface area contributed by atoms with Crippen molar-refractivity contribution < 1.29 is 13.2 Å². The van der Waals surface area contributed by atoms with Crippen molar-refractivity contribution in [3.8, 4) is 0 Å². The van der Waals surface area contributed by atoms with Gasteiger partial charge in [0.15, 0.2) is 0 Å². The number of nitrogens with one attached hydrogen (secondary N) is 2. The van der Waals surface area contributed by atoms with Crippen LogP contribution < -0.4 is 10.0 Å². The number of hydrogen-bond acceptors (Lipinski definition) is 3. The maximum absolute atomic E-state index is 12.5. The maximum atomic E-state index is 12.5. The largest absolute Gasteiger partial charge is 0.352 e. The molecule has 1 aromatic rings. The monoisotopic (exact) mass is 378 g/mol. The van der Waals surface area contributed by atoms with Crippen molar-refractivity contribution >= 4 is 15.9 Å². The van der Waals surface area contributed by atoms with E-state index in [1.54, 1.807) is 26.8 Å². The second-order valence-corrected chi connectivity index (χ2v) is 9.63. The summed E-state index contributed by atoms with van der Waals surface area (Å²) in [6.07, 6.45) is 7.84. The zero-order chi connectivity index (χ0) is 19.4. The molecule has 0 saturated heterocycles. The van der Waals surface area contributed by atoms with Crippen molar-refractivity contribution in [1.82, 2.24) is 10.0 Å². The highest BCUT2D eigenvalue weighted by Gasteiger charge is 2.23. The predicted molar refractivity (Wildman–Crippen MR) is 105 cm³/mol. The third kappa shape index (κ3) is 5.95. The van der Waals surface area contributed by atoms with Gasteiger partial charge in [-0.05, 0) is 77.5 Å². The summed E-state index contributed by atoms with van der Waals surface area (Å²) < 4.78 is 27.6. The van der Waals surface area contributed by atoms with E-state index in [-0.39, 0.29) is 10.8 Å². The molecular weight excluding hydrogens is 348 g/mol. The molecule has 0 aromatic heterocycles. The molecule has 0 saturated carbocycles. The minimum Gasteiger partial charge on any atom is -0.352 e. The van der Waals surface area contributed by atoms with Crippen molar-refractivity contribution in [2.24, 2.45) is 0 Å².